The number of anilines is 2. The van der Waals surface area contributed by atoms with E-state index >= 15 is 0 Å². The Labute approximate surface area is 99.8 Å². The van der Waals surface area contributed by atoms with E-state index in [9.17, 15) is 0 Å². The van der Waals surface area contributed by atoms with Crippen LogP contribution in [-0.4, -0.2) is 17.4 Å². The van der Waals surface area contributed by atoms with E-state index in [1.165, 1.54) is 5.06 Å². The monoisotopic (exact) mass is 229 g/mol. The third-order valence-corrected chi connectivity index (χ3v) is 2.18. The Hall–Kier alpha value is -1.82. The van der Waals surface area contributed by atoms with Gasteiger partial charge in [0, 0.05) is 0 Å². The molecule has 2 rings (SSSR count). The van der Waals surface area contributed by atoms with E-state index in [-0.39, 0.29) is 0 Å². The van der Waals surface area contributed by atoms with E-state index in [4.69, 9.17) is 14.8 Å². The molecule has 0 aliphatic carbocycles. The molecule has 0 unspecified atom stereocenters. The molecule has 0 aromatic heterocycles. The highest BCUT2D eigenvalue weighted by Crippen LogP contribution is 2.24. The highest BCUT2D eigenvalue weighted by Gasteiger charge is 2.18. The first-order chi connectivity index (χ1) is 8.27. The zero-order chi connectivity index (χ0) is 12.1. The van der Waals surface area contributed by atoms with Gasteiger partial charge in [0.1, 0.15) is 0 Å². The molecule has 2 aromatic carbocycles. The minimum Gasteiger partial charge on any atom is -0.400 e. The fourth-order valence-electron chi connectivity index (χ4n) is 1.49. The lowest BCUT2D eigenvalue weighted by atomic mass is 10.2. The van der Waals surface area contributed by atoms with Gasteiger partial charge in [-0.25, -0.2) is 5.06 Å². The molecular weight excluding hydrogens is 217 g/mol. The molecular formula is C12H12BNO3. The molecule has 0 radical (unpaired) electrons. The van der Waals surface area contributed by atoms with Crippen LogP contribution in [0.15, 0.2) is 60.7 Å². The number of hydrogen-bond donors (Lipinski definition) is 2. The topological polar surface area (TPSA) is 52.9 Å². The summed E-state index contributed by atoms with van der Waals surface area (Å²) in [7, 11) is -1.87. The summed E-state index contributed by atoms with van der Waals surface area (Å²) < 4.78 is 4.97. The molecule has 0 aliphatic rings. The van der Waals surface area contributed by atoms with Crippen molar-refractivity contribution >= 4 is 18.7 Å². The van der Waals surface area contributed by atoms with Crippen LogP contribution >= 0.6 is 0 Å². The number of rotatable bonds is 4. The van der Waals surface area contributed by atoms with Crippen LogP contribution in [0.1, 0.15) is 0 Å². The van der Waals surface area contributed by atoms with Crippen LogP contribution in [-0.2, 0) is 4.76 Å². The quantitative estimate of drug-likeness (QED) is 0.619. The van der Waals surface area contributed by atoms with Crippen molar-refractivity contribution in [1.82, 2.24) is 0 Å². The predicted octanol–water partition coefficient (Wildman–Crippen LogP) is 1.73. The molecule has 0 spiro atoms. The van der Waals surface area contributed by atoms with Gasteiger partial charge in [-0.05, 0) is 24.3 Å². The Morgan fingerprint density at radius 1 is 0.765 bits per heavy atom. The number of para-hydroxylation sites is 2. The first-order valence-corrected chi connectivity index (χ1v) is 5.20. The van der Waals surface area contributed by atoms with E-state index in [1.54, 1.807) is 0 Å². The summed E-state index contributed by atoms with van der Waals surface area (Å²) >= 11 is 0. The van der Waals surface area contributed by atoms with Gasteiger partial charge in [-0.2, -0.15) is 0 Å². The van der Waals surface area contributed by atoms with Gasteiger partial charge < -0.3 is 10.0 Å². The largest absolute Gasteiger partial charge is 0.657 e. The van der Waals surface area contributed by atoms with Gasteiger partial charge in [-0.1, -0.05) is 36.4 Å². The van der Waals surface area contributed by atoms with Gasteiger partial charge in [0.05, 0.1) is 11.4 Å². The average Bonchev–Trinajstić information content (AvgIpc) is 2.38. The smallest absolute Gasteiger partial charge is 0.400 e. The molecule has 0 saturated heterocycles. The summed E-state index contributed by atoms with van der Waals surface area (Å²) in [4.78, 5) is 0. The number of benzene rings is 2. The predicted molar refractivity (Wildman–Crippen MR) is 66.3 cm³/mol. The molecule has 4 nitrogen and oxygen atoms in total. The third kappa shape index (κ3) is 3.07. The van der Waals surface area contributed by atoms with Gasteiger partial charge >= 0.3 is 7.32 Å². The molecule has 0 atom stereocenters. The summed E-state index contributed by atoms with van der Waals surface area (Å²) in [5.41, 5.74) is 1.43. The normalized spacial score (nSPS) is 10.0. The van der Waals surface area contributed by atoms with Crippen molar-refractivity contribution in [2.24, 2.45) is 0 Å². The molecule has 0 aliphatic heterocycles. The molecule has 86 valence electrons. The minimum atomic E-state index is -1.87. The zero-order valence-electron chi connectivity index (χ0n) is 9.10. The summed E-state index contributed by atoms with van der Waals surface area (Å²) in [6, 6.07) is 18.4. The molecule has 0 fully saturated rings. The molecule has 5 heteroatoms. The average molecular weight is 229 g/mol. The summed E-state index contributed by atoms with van der Waals surface area (Å²) in [6.45, 7) is 0. The second kappa shape index (κ2) is 5.49. The van der Waals surface area contributed by atoms with Crippen molar-refractivity contribution in [3.63, 3.8) is 0 Å². The minimum absolute atomic E-state index is 0.715. The molecule has 0 bridgehead atoms. The number of nitrogens with zero attached hydrogens (tertiary/aromatic N) is 1. The fourth-order valence-corrected chi connectivity index (χ4v) is 1.49. The van der Waals surface area contributed by atoms with Crippen molar-refractivity contribution in [2.45, 2.75) is 0 Å². The Morgan fingerprint density at radius 2 is 1.18 bits per heavy atom. The highest BCUT2D eigenvalue weighted by atomic mass is 16.7. The lowest BCUT2D eigenvalue weighted by molar-refractivity contribution is 0.187. The van der Waals surface area contributed by atoms with Crippen LogP contribution in [0.3, 0.4) is 0 Å². The first kappa shape index (κ1) is 11.7. The van der Waals surface area contributed by atoms with E-state index < -0.39 is 7.32 Å². The second-order valence-corrected chi connectivity index (χ2v) is 3.40. The standard InChI is InChI=1S/C12H12BNO3/c15-13(16)17-14(11-7-3-1-4-8-11)12-9-5-2-6-10-12/h1-10,15-16H. The van der Waals surface area contributed by atoms with Gasteiger partial charge in [0.15, 0.2) is 0 Å². The summed E-state index contributed by atoms with van der Waals surface area (Å²) in [6.07, 6.45) is 0. The molecule has 0 heterocycles. The maximum atomic E-state index is 8.94. The molecule has 2 N–H and O–H groups in total. The van der Waals surface area contributed by atoms with Crippen LogP contribution in [0, 0.1) is 0 Å². The highest BCUT2D eigenvalue weighted by molar-refractivity contribution is 6.33. The Bertz CT molecular complexity index is 410. The van der Waals surface area contributed by atoms with Gasteiger partial charge in [0.25, 0.3) is 0 Å². The first-order valence-electron chi connectivity index (χ1n) is 5.20. The van der Waals surface area contributed by atoms with Crippen LogP contribution in [0.25, 0.3) is 0 Å². The maximum absolute atomic E-state index is 8.94. The maximum Gasteiger partial charge on any atom is 0.657 e. The Balaban J connectivity index is 2.32. The second-order valence-electron chi connectivity index (χ2n) is 3.40. The molecule has 2 aromatic rings. The lowest BCUT2D eigenvalue weighted by Gasteiger charge is -2.23. The van der Waals surface area contributed by atoms with Crippen LogP contribution in [0.2, 0.25) is 0 Å². The zero-order valence-corrected chi connectivity index (χ0v) is 9.10. The van der Waals surface area contributed by atoms with E-state index in [2.05, 4.69) is 0 Å². The summed E-state index contributed by atoms with van der Waals surface area (Å²) in [5.74, 6) is 0. The van der Waals surface area contributed by atoms with Crippen LogP contribution < -0.4 is 5.06 Å². The molecule has 17 heavy (non-hydrogen) atoms. The Morgan fingerprint density at radius 3 is 1.53 bits per heavy atom. The van der Waals surface area contributed by atoms with Crippen LogP contribution in [0.5, 0.6) is 0 Å². The van der Waals surface area contributed by atoms with Crippen LogP contribution in [0.4, 0.5) is 11.4 Å². The third-order valence-electron chi connectivity index (χ3n) is 2.18. The summed E-state index contributed by atoms with van der Waals surface area (Å²) in [5, 5.41) is 19.2. The van der Waals surface area contributed by atoms with Gasteiger partial charge in [0.2, 0.25) is 0 Å². The van der Waals surface area contributed by atoms with Crippen molar-refractivity contribution in [2.75, 3.05) is 5.06 Å². The van der Waals surface area contributed by atoms with E-state index in [0.29, 0.717) is 11.4 Å². The van der Waals surface area contributed by atoms with Crippen molar-refractivity contribution < 1.29 is 14.8 Å². The molecule has 0 saturated carbocycles. The van der Waals surface area contributed by atoms with Crippen molar-refractivity contribution in [3.05, 3.63) is 60.7 Å². The van der Waals surface area contributed by atoms with Crippen molar-refractivity contribution in [3.8, 4) is 0 Å². The van der Waals surface area contributed by atoms with Crippen molar-refractivity contribution in [1.29, 1.82) is 0 Å². The molecule has 0 amide bonds. The lowest BCUT2D eigenvalue weighted by Crippen LogP contribution is -2.29. The van der Waals surface area contributed by atoms with Gasteiger partial charge in [-0.3, -0.25) is 4.76 Å². The number of hydrogen-bond acceptors (Lipinski definition) is 4. The van der Waals surface area contributed by atoms with E-state index in [0.717, 1.165) is 0 Å². The van der Waals surface area contributed by atoms with E-state index in [1.807, 2.05) is 60.7 Å². The Kier molecular flexibility index (Phi) is 3.77. The van der Waals surface area contributed by atoms with Gasteiger partial charge in [-0.15, -0.1) is 0 Å². The SMILES string of the molecule is OB(O)ON(c1ccccc1)c1ccccc1. The fraction of sp³-hybridized carbons (Fsp3) is 0.